The molecule has 4 bridgehead atoms. The average molecular weight is 652 g/mol. The van der Waals surface area contributed by atoms with Gasteiger partial charge in [-0.3, -0.25) is 0 Å². The van der Waals surface area contributed by atoms with E-state index >= 15 is 0 Å². The predicted molar refractivity (Wildman–Crippen MR) is 204 cm³/mol. The van der Waals surface area contributed by atoms with Crippen LogP contribution in [0.1, 0.15) is 121 Å². The van der Waals surface area contributed by atoms with E-state index in [0.717, 1.165) is 23.7 Å². The molecule has 4 fully saturated rings. The largest absolute Gasteiger partial charge is 0.310 e. The Kier molecular flexibility index (Phi) is 6.80. The van der Waals surface area contributed by atoms with Crippen molar-refractivity contribution < 1.29 is 0 Å². The molecule has 1 nitrogen and oxygen atoms in total. The molecule has 0 N–H and O–H groups in total. The first-order valence-electron chi connectivity index (χ1n) is 18.8. The molecule has 4 aromatic carbocycles. The molecule has 5 aliphatic carbocycles. The monoisotopic (exact) mass is 651 g/mol. The Bertz CT molecular complexity index is 1880. The van der Waals surface area contributed by atoms with Crippen molar-refractivity contribution in [3.63, 3.8) is 0 Å². The summed E-state index contributed by atoms with van der Waals surface area (Å²) in [6, 6.07) is 34.0. The topological polar surface area (TPSA) is 3.24 Å². The van der Waals surface area contributed by atoms with Gasteiger partial charge in [0.25, 0.3) is 0 Å². The van der Waals surface area contributed by atoms with Gasteiger partial charge in [-0.2, -0.15) is 0 Å². The standard InChI is InChI=1S/C46H53NS/c1-43(2,3)31-12-14-34(15-13-31)47(35-16-18-37-39(27-35)45(6,7)21-20-44(37,4)5)36-17-19-42-40(28-36)46(38-10-8-9-11-41(38)48-42)32-23-29-22-30(25-32)26-33(46)24-29/h8-19,27-30,32-33H,20-26H2,1-7H3. The summed E-state index contributed by atoms with van der Waals surface area (Å²) in [5.41, 5.74) is 12.1. The van der Waals surface area contributed by atoms with Crippen LogP contribution in [0.5, 0.6) is 0 Å². The number of hydrogen-bond acceptors (Lipinski definition) is 2. The second-order valence-corrected chi connectivity index (χ2v) is 19.7. The van der Waals surface area contributed by atoms with Crippen LogP contribution in [0.4, 0.5) is 17.1 Å². The normalized spacial score (nSPS) is 28.9. The molecule has 10 rings (SSSR count). The van der Waals surface area contributed by atoms with Crippen LogP contribution >= 0.6 is 11.8 Å². The third-order valence-electron chi connectivity index (χ3n) is 13.7. The quantitative estimate of drug-likeness (QED) is 0.217. The fraction of sp³-hybridized carbons (Fsp3) is 0.478. The summed E-state index contributed by atoms with van der Waals surface area (Å²) < 4.78 is 0. The minimum atomic E-state index is 0.118. The number of hydrogen-bond donors (Lipinski definition) is 0. The first-order chi connectivity index (χ1) is 22.8. The second-order valence-electron chi connectivity index (χ2n) is 18.6. The third-order valence-corrected chi connectivity index (χ3v) is 14.9. The lowest BCUT2D eigenvalue weighted by atomic mass is 9.42. The van der Waals surface area contributed by atoms with Crippen LogP contribution in [0, 0.1) is 23.7 Å². The van der Waals surface area contributed by atoms with Crippen LogP contribution in [0.2, 0.25) is 0 Å². The fourth-order valence-corrected chi connectivity index (χ4v) is 12.5. The highest BCUT2D eigenvalue weighted by molar-refractivity contribution is 7.99. The van der Waals surface area contributed by atoms with Crippen LogP contribution < -0.4 is 4.90 Å². The van der Waals surface area contributed by atoms with Crippen LogP contribution in [-0.2, 0) is 21.7 Å². The summed E-state index contributed by atoms with van der Waals surface area (Å²) in [5.74, 6) is 3.37. The Morgan fingerprint density at radius 2 is 1.10 bits per heavy atom. The van der Waals surface area contributed by atoms with Gasteiger partial charge in [-0.15, -0.1) is 0 Å². The molecule has 4 saturated carbocycles. The van der Waals surface area contributed by atoms with Crippen molar-refractivity contribution in [2.24, 2.45) is 23.7 Å². The zero-order valence-electron chi connectivity index (χ0n) is 30.2. The molecule has 6 aliphatic rings. The van der Waals surface area contributed by atoms with E-state index in [2.05, 4.69) is 138 Å². The van der Waals surface area contributed by atoms with Crippen LogP contribution in [0.15, 0.2) is 94.7 Å². The molecule has 1 heterocycles. The van der Waals surface area contributed by atoms with Crippen molar-refractivity contribution in [2.75, 3.05) is 4.90 Å². The molecule has 0 atom stereocenters. The highest BCUT2D eigenvalue weighted by atomic mass is 32.2. The van der Waals surface area contributed by atoms with Crippen molar-refractivity contribution in [3.05, 3.63) is 113 Å². The van der Waals surface area contributed by atoms with E-state index in [0.29, 0.717) is 0 Å². The van der Waals surface area contributed by atoms with Gasteiger partial charge in [-0.25, -0.2) is 0 Å². The molecule has 0 amide bonds. The lowest BCUT2D eigenvalue weighted by Crippen LogP contribution is -2.57. The maximum Gasteiger partial charge on any atom is 0.0465 e. The number of anilines is 3. The van der Waals surface area contributed by atoms with E-state index < -0.39 is 0 Å². The average Bonchev–Trinajstić information content (AvgIpc) is 3.05. The zero-order valence-corrected chi connectivity index (χ0v) is 31.0. The van der Waals surface area contributed by atoms with Gasteiger partial charge in [0.05, 0.1) is 0 Å². The van der Waals surface area contributed by atoms with Gasteiger partial charge in [0.15, 0.2) is 0 Å². The molecular weight excluding hydrogens is 599 g/mol. The van der Waals surface area contributed by atoms with E-state index in [1.807, 2.05) is 11.8 Å². The Labute approximate surface area is 293 Å². The van der Waals surface area contributed by atoms with Gasteiger partial charge in [0.2, 0.25) is 0 Å². The van der Waals surface area contributed by atoms with Crippen molar-refractivity contribution in [1.82, 2.24) is 0 Å². The SMILES string of the molecule is CC(C)(C)c1ccc(N(c2ccc3c(c2)C(C)(C)CCC3(C)C)c2ccc3c(c2)C2(c4ccccc4S3)C3CC4CC(C3)CC2C4)cc1. The molecule has 48 heavy (non-hydrogen) atoms. The Hall–Kier alpha value is -2.97. The first kappa shape index (κ1) is 31.0. The van der Waals surface area contributed by atoms with E-state index in [4.69, 9.17) is 0 Å². The number of nitrogens with zero attached hydrogens (tertiary/aromatic N) is 1. The van der Waals surface area contributed by atoms with E-state index in [-0.39, 0.29) is 21.7 Å². The van der Waals surface area contributed by atoms with E-state index in [1.54, 1.807) is 11.1 Å². The minimum absolute atomic E-state index is 0.118. The minimum Gasteiger partial charge on any atom is -0.310 e. The highest BCUT2D eigenvalue weighted by Gasteiger charge is 2.60. The lowest BCUT2D eigenvalue weighted by molar-refractivity contribution is -0.0443. The number of fused-ring (bicyclic) bond motifs is 3. The van der Waals surface area contributed by atoms with Crippen molar-refractivity contribution >= 4 is 28.8 Å². The molecule has 0 saturated heterocycles. The number of benzene rings is 4. The maximum absolute atomic E-state index is 2.66. The molecule has 4 aromatic rings. The summed E-state index contributed by atoms with van der Waals surface area (Å²) in [6.07, 6.45) is 9.56. The lowest BCUT2D eigenvalue weighted by Gasteiger charge is -2.63. The Morgan fingerprint density at radius 3 is 1.75 bits per heavy atom. The molecule has 1 aliphatic heterocycles. The van der Waals surface area contributed by atoms with Crippen molar-refractivity contribution in [2.45, 2.75) is 125 Å². The van der Waals surface area contributed by atoms with Gasteiger partial charge >= 0.3 is 0 Å². The van der Waals surface area contributed by atoms with Crippen LogP contribution in [0.25, 0.3) is 0 Å². The zero-order chi connectivity index (χ0) is 33.2. The predicted octanol–water partition coefficient (Wildman–Crippen LogP) is 13.0. The maximum atomic E-state index is 2.66. The summed E-state index contributed by atoms with van der Waals surface area (Å²) in [6.45, 7) is 16.7. The summed E-state index contributed by atoms with van der Waals surface area (Å²) in [7, 11) is 0. The summed E-state index contributed by atoms with van der Waals surface area (Å²) >= 11 is 2.02. The molecule has 0 unspecified atom stereocenters. The first-order valence-corrected chi connectivity index (χ1v) is 19.6. The molecule has 248 valence electrons. The third kappa shape index (κ3) is 4.57. The van der Waals surface area contributed by atoms with Crippen LogP contribution in [0.3, 0.4) is 0 Å². The smallest absolute Gasteiger partial charge is 0.0465 e. The Morgan fingerprint density at radius 1 is 0.562 bits per heavy atom. The molecule has 1 spiro atoms. The van der Waals surface area contributed by atoms with Crippen molar-refractivity contribution in [1.29, 1.82) is 0 Å². The van der Waals surface area contributed by atoms with Gasteiger partial charge in [-0.05, 0) is 161 Å². The molecule has 2 heteroatoms. The summed E-state index contributed by atoms with van der Waals surface area (Å²) in [4.78, 5) is 5.57. The van der Waals surface area contributed by atoms with Gasteiger partial charge < -0.3 is 4.90 Å². The van der Waals surface area contributed by atoms with E-state index in [9.17, 15) is 0 Å². The van der Waals surface area contributed by atoms with Crippen LogP contribution in [-0.4, -0.2) is 0 Å². The Balaban J connectivity index is 1.25. The van der Waals surface area contributed by atoms with Gasteiger partial charge in [0, 0.05) is 32.3 Å². The second kappa shape index (κ2) is 10.5. The number of rotatable bonds is 3. The molecule has 0 aromatic heterocycles. The summed E-state index contributed by atoms with van der Waals surface area (Å²) in [5, 5.41) is 0. The van der Waals surface area contributed by atoms with E-state index in [1.165, 1.54) is 88.5 Å². The van der Waals surface area contributed by atoms with Gasteiger partial charge in [-0.1, -0.05) is 96.6 Å². The van der Waals surface area contributed by atoms with Crippen molar-refractivity contribution in [3.8, 4) is 0 Å². The molecule has 0 radical (unpaired) electrons. The fourth-order valence-electron chi connectivity index (χ4n) is 11.3. The highest BCUT2D eigenvalue weighted by Crippen LogP contribution is 2.69. The van der Waals surface area contributed by atoms with Gasteiger partial charge in [0.1, 0.15) is 0 Å². The molecular formula is C46H53NS.